The zero-order chi connectivity index (χ0) is 17.6. The van der Waals surface area contributed by atoms with Gasteiger partial charge in [-0.15, -0.1) is 0 Å². The van der Waals surface area contributed by atoms with Gasteiger partial charge in [-0.25, -0.2) is 0 Å². The van der Waals surface area contributed by atoms with Crippen LogP contribution in [0.15, 0.2) is 63.6 Å². The van der Waals surface area contributed by atoms with Crippen molar-refractivity contribution in [1.29, 1.82) is 0 Å². The van der Waals surface area contributed by atoms with Gasteiger partial charge in [-0.3, -0.25) is 0 Å². The van der Waals surface area contributed by atoms with E-state index in [2.05, 4.69) is 40.1 Å². The van der Waals surface area contributed by atoms with Crippen molar-refractivity contribution in [3.8, 4) is 28.3 Å². The lowest BCUT2D eigenvalue weighted by Gasteiger charge is -2.10. The molecule has 1 heterocycles. The van der Waals surface area contributed by atoms with E-state index in [9.17, 15) is 0 Å². The third-order valence-corrected chi connectivity index (χ3v) is 4.55. The third-order valence-electron chi connectivity index (χ3n) is 3.82. The van der Waals surface area contributed by atoms with Crippen LogP contribution in [-0.4, -0.2) is 37.3 Å². The Morgan fingerprint density at radius 2 is 1.72 bits per heavy atom. The summed E-state index contributed by atoms with van der Waals surface area (Å²) in [5.74, 6) is 1.60. The predicted octanol–water partition coefficient (Wildman–Crippen LogP) is 5.10. The minimum atomic E-state index is 0.712. The average molecular weight is 401 g/mol. The highest BCUT2D eigenvalue weighted by atomic mass is 79.9. The molecule has 130 valence electrons. The predicted molar refractivity (Wildman–Crippen MR) is 104 cm³/mol. The average Bonchev–Trinajstić information content (AvgIpc) is 3.01. The Morgan fingerprint density at radius 1 is 1.00 bits per heavy atom. The zero-order valence-corrected chi connectivity index (χ0v) is 16.0. The summed E-state index contributed by atoms with van der Waals surface area (Å²) in [5, 5.41) is 4.22. The van der Waals surface area contributed by atoms with Crippen LogP contribution in [0, 0.1) is 0 Å². The van der Waals surface area contributed by atoms with E-state index in [-0.39, 0.29) is 0 Å². The lowest BCUT2D eigenvalue weighted by Crippen LogP contribution is -2.15. The summed E-state index contributed by atoms with van der Waals surface area (Å²) >= 11 is 3.62. The quantitative estimate of drug-likeness (QED) is 0.517. The van der Waals surface area contributed by atoms with Crippen molar-refractivity contribution in [2.24, 2.45) is 0 Å². The van der Waals surface area contributed by atoms with Crippen LogP contribution in [0.4, 0.5) is 0 Å². The van der Waals surface area contributed by atoms with Gasteiger partial charge >= 0.3 is 0 Å². The topological polar surface area (TPSA) is 38.5 Å². The molecular weight excluding hydrogens is 380 g/mol. The van der Waals surface area contributed by atoms with Crippen molar-refractivity contribution < 1.29 is 9.26 Å². The third kappa shape index (κ3) is 4.50. The molecule has 0 radical (unpaired) electrons. The van der Waals surface area contributed by atoms with Gasteiger partial charge in [-0.2, -0.15) is 0 Å². The lowest BCUT2D eigenvalue weighted by molar-refractivity contribution is 0.281. The minimum Gasteiger partial charge on any atom is -0.494 e. The SMILES string of the molecule is CN(C)CCCOc1ccc(-c2noc(-c3ccccc3)c2Br)cc1. The number of rotatable bonds is 7. The van der Waals surface area contributed by atoms with E-state index < -0.39 is 0 Å². The van der Waals surface area contributed by atoms with E-state index in [0.717, 1.165) is 45.8 Å². The molecule has 0 atom stereocenters. The number of nitrogens with zero attached hydrogens (tertiary/aromatic N) is 2. The normalized spacial score (nSPS) is 11.0. The zero-order valence-electron chi connectivity index (χ0n) is 14.4. The van der Waals surface area contributed by atoms with Gasteiger partial charge in [0, 0.05) is 17.7 Å². The second kappa shape index (κ2) is 8.32. The molecule has 0 saturated carbocycles. The Balaban J connectivity index is 1.70. The van der Waals surface area contributed by atoms with Crippen molar-refractivity contribution in [3.05, 3.63) is 59.1 Å². The maximum Gasteiger partial charge on any atom is 0.181 e. The molecule has 3 aromatic rings. The Kier molecular flexibility index (Phi) is 5.89. The molecule has 0 bridgehead atoms. The minimum absolute atomic E-state index is 0.712. The van der Waals surface area contributed by atoms with E-state index >= 15 is 0 Å². The van der Waals surface area contributed by atoms with Crippen molar-refractivity contribution >= 4 is 15.9 Å². The molecule has 0 aliphatic carbocycles. The summed E-state index contributed by atoms with van der Waals surface area (Å²) in [6.07, 6.45) is 1.00. The summed E-state index contributed by atoms with van der Waals surface area (Å²) in [6, 6.07) is 17.9. The van der Waals surface area contributed by atoms with Crippen LogP contribution in [0.2, 0.25) is 0 Å². The van der Waals surface area contributed by atoms with Crippen LogP contribution >= 0.6 is 15.9 Å². The molecule has 25 heavy (non-hydrogen) atoms. The van der Waals surface area contributed by atoms with Crippen molar-refractivity contribution in [2.45, 2.75) is 6.42 Å². The number of ether oxygens (including phenoxy) is 1. The summed E-state index contributed by atoms with van der Waals surface area (Å²) in [7, 11) is 4.13. The van der Waals surface area contributed by atoms with Crippen LogP contribution in [0.3, 0.4) is 0 Å². The smallest absolute Gasteiger partial charge is 0.181 e. The molecule has 0 aliphatic heterocycles. The second-order valence-corrected chi connectivity index (χ2v) is 6.86. The fourth-order valence-corrected chi connectivity index (χ4v) is 3.11. The van der Waals surface area contributed by atoms with Gasteiger partial charge in [0.2, 0.25) is 0 Å². The molecule has 5 heteroatoms. The fourth-order valence-electron chi connectivity index (χ4n) is 2.51. The van der Waals surface area contributed by atoms with Gasteiger partial charge in [-0.1, -0.05) is 35.5 Å². The van der Waals surface area contributed by atoms with E-state index in [1.54, 1.807) is 0 Å². The Hall–Kier alpha value is -2.11. The van der Waals surface area contributed by atoms with Gasteiger partial charge in [0.25, 0.3) is 0 Å². The molecule has 1 aromatic heterocycles. The van der Waals surface area contributed by atoms with Gasteiger partial charge in [-0.05, 0) is 60.7 Å². The van der Waals surface area contributed by atoms with Crippen LogP contribution in [0.1, 0.15) is 6.42 Å². The Labute approximate surface area is 156 Å². The molecule has 0 fully saturated rings. The second-order valence-electron chi connectivity index (χ2n) is 6.07. The summed E-state index contributed by atoms with van der Waals surface area (Å²) in [5.41, 5.74) is 2.77. The first kappa shape index (κ1) is 17.7. The van der Waals surface area contributed by atoms with Gasteiger partial charge < -0.3 is 14.2 Å². The number of halogens is 1. The van der Waals surface area contributed by atoms with E-state index in [1.807, 2.05) is 54.6 Å². The molecule has 0 N–H and O–H groups in total. The van der Waals surface area contributed by atoms with Crippen LogP contribution < -0.4 is 4.74 Å². The molecule has 0 spiro atoms. The largest absolute Gasteiger partial charge is 0.494 e. The molecule has 2 aromatic carbocycles. The molecule has 0 amide bonds. The summed E-state index contributed by atoms with van der Waals surface area (Å²) in [4.78, 5) is 2.15. The molecule has 4 nitrogen and oxygen atoms in total. The monoisotopic (exact) mass is 400 g/mol. The van der Waals surface area contributed by atoms with Crippen molar-refractivity contribution in [2.75, 3.05) is 27.2 Å². The first-order valence-electron chi connectivity index (χ1n) is 8.23. The van der Waals surface area contributed by atoms with Gasteiger partial charge in [0.1, 0.15) is 11.4 Å². The summed E-state index contributed by atoms with van der Waals surface area (Å²) < 4.78 is 12.2. The highest BCUT2D eigenvalue weighted by molar-refractivity contribution is 9.10. The van der Waals surface area contributed by atoms with E-state index in [0.29, 0.717) is 6.61 Å². The molecule has 0 aliphatic rings. The molecule has 0 saturated heterocycles. The Bertz CT molecular complexity index is 798. The first-order valence-corrected chi connectivity index (χ1v) is 9.03. The maximum absolute atomic E-state index is 5.77. The Morgan fingerprint density at radius 3 is 2.40 bits per heavy atom. The number of aromatic nitrogens is 1. The van der Waals surface area contributed by atoms with Crippen LogP contribution in [0.25, 0.3) is 22.6 Å². The van der Waals surface area contributed by atoms with Crippen molar-refractivity contribution in [3.63, 3.8) is 0 Å². The van der Waals surface area contributed by atoms with Gasteiger partial charge in [0.05, 0.1) is 11.1 Å². The molecular formula is C20H21BrN2O2. The van der Waals surface area contributed by atoms with Crippen LogP contribution in [-0.2, 0) is 0 Å². The summed E-state index contributed by atoms with van der Waals surface area (Å²) in [6.45, 7) is 1.73. The highest BCUT2D eigenvalue weighted by Crippen LogP contribution is 2.36. The first-order chi connectivity index (χ1) is 12.1. The fraction of sp³-hybridized carbons (Fsp3) is 0.250. The highest BCUT2D eigenvalue weighted by Gasteiger charge is 2.16. The lowest BCUT2D eigenvalue weighted by atomic mass is 10.1. The molecule has 3 rings (SSSR count). The van der Waals surface area contributed by atoms with Gasteiger partial charge in [0.15, 0.2) is 5.76 Å². The van der Waals surface area contributed by atoms with Crippen molar-refractivity contribution in [1.82, 2.24) is 10.1 Å². The maximum atomic E-state index is 5.77. The standard InChI is InChI=1S/C20H21BrN2O2/c1-23(2)13-6-14-24-17-11-9-15(10-12-17)19-18(21)20(25-22-19)16-7-4-3-5-8-16/h3-5,7-12H,6,13-14H2,1-2H3. The van der Waals surface area contributed by atoms with E-state index in [4.69, 9.17) is 9.26 Å². The number of hydrogen-bond donors (Lipinski definition) is 0. The van der Waals surface area contributed by atoms with E-state index in [1.165, 1.54) is 0 Å². The van der Waals surface area contributed by atoms with Crippen LogP contribution in [0.5, 0.6) is 5.75 Å². The molecule has 0 unspecified atom stereocenters. The number of benzene rings is 2. The number of hydrogen-bond acceptors (Lipinski definition) is 4.